The molecule has 150 valence electrons. The van der Waals surface area contributed by atoms with Crippen molar-refractivity contribution in [1.29, 1.82) is 0 Å². The van der Waals surface area contributed by atoms with E-state index in [0.717, 1.165) is 11.1 Å². The van der Waals surface area contributed by atoms with Crippen molar-refractivity contribution in [1.82, 2.24) is 10.9 Å². The standard InChI is InChI=1S/C22H22N2O5/c1-15-8-10-19(27-2)16(12-15)13-21(25)23-24-22(26)20-11-9-18(29-20)14-28-17-6-4-3-5-7-17/h3-12H,13-14H2,1-2H3,(H,23,25)(H,24,26). The molecule has 0 saturated heterocycles. The van der Waals surface area contributed by atoms with Crippen LogP contribution in [0, 0.1) is 6.92 Å². The zero-order valence-electron chi connectivity index (χ0n) is 16.2. The first kappa shape index (κ1) is 20.0. The number of amides is 2. The van der Waals surface area contributed by atoms with Crippen molar-refractivity contribution in [3.8, 4) is 11.5 Å². The first-order chi connectivity index (χ1) is 14.0. The predicted octanol–water partition coefficient (Wildman–Crippen LogP) is 3.18. The highest BCUT2D eigenvalue weighted by Gasteiger charge is 2.14. The first-order valence-corrected chi connectivity index (χ1v) is 9.04. The summed E-state index contributed by atoms with van der Waals surface area (Å²) in [6, 6.07) is 18.0. The van der Waals surface area contributed by atoms with Crippen LogP contribution in [0.4, 0.5) is 0 Å². The van der Waals surface area contributed by atoms with Crippen molar-refractivity contribution >= 4 is 11.8 Å². The molecule has 29 heavy (non-hydrogen) atoms. The SMILES string of the molecule is COc1ccc(C)cc1CC(=O)NNC(=O)c1ccc(COc2ccccc2)o1. The van der Waals surface area contributed by atoms with Gasteiger partial charge in [-0.25, -0.2) is 0 Å². The van der Waals surface area contributed by atoms with Crippen molar-refractivity contribution in [3.63, 3.8) is 0 Å². The molecule has 3 aromatic rings. The number of hydrogen-bond donors (Lipinski definition) is 2. The van der Waals surface area contributed by atoms with Gasteiger partial charge in [0.05, 0.1) is 13.5 Å². The second kappa shape index (κ2) is 9.45. The fraction of sp³-hybridized carbons (Fsp3) is 0.182. The van der Waals surface area contributed by atoms with Gasteiger partial charge >= 0.3 is 5.91 Å². The van der Waals surface area contributed by atoms with Gasteiger partial charge in [0, 0.05) is 5.56 Å². The molecular formula is C22H22N2O5. The lowest BCUT2D eigenvalue weighted by Crippen LogP contribution is -2.42. The average Bonchev–Trinajstić information content (AvgIpc) is 3.21. The summed E-state index contributed by atoms with van der Waals surface area (Å²) in [6.45, 7) is 2.12. The van der Waals surface area contributed by atoms with E-state index >= 15 is 0 Å². The number of aryl methyl sites for hydroxylation is 1. The molecule has 1 heterocycles. The maximum absolute atomic E-state index is 12.2. The van der Waals surface area contributed by atoms with Crippen molar-refractivity contribution in [2.45, 2.75) is 20.0 Å². The quantitative estimate of drug-likeness (QED) is 0.601. The Morgan fingerprint density at radius 3 is 2.55 bits per heavy atom. The van der Waals surface area contributed by atoms with Gasteiger partial charge in [-0.05, 0) is 37.3 Å². The fourth-order valence-corrected chi connectivity index (χ4v) is 2.70. The number of hydrogen-bond acceptors (Lipinski definition) is 5. The van der Waals surface area contributed by atoms with Crippen LogP contribution in [0.5, 0.6) is 11.5 Å². The number of rotatable bonds is 7. The summed E-state index contributed by atoms with van der Waals surface area (Å²) in [5.74, 6) is 0.960. The Morgan fingerprint density at radius 1 is 1.00 bits per heavy atom. The highest BCUT2D eigenvalue weighted by atomic mass is 16.5. The number of para-hydroxylation sites is 1. The van der Waals surface area contributed by atoms with E-state index < -0.39 is 5.91 Å². The topological polar surface area (TPSA) is 89.8 Å². The van der Waals surface area contributed by atoms with Crippen molar-refractivity contribution in [2.24, 2.45) is 0 Å². The highest BCUT2D eigenvalue weighted by molar-refractivity contribution is 5.93. The summed E-state index contributed by atoms with van der Waals surface area (Å²) in [5, 5.41) is 0. The van der Waals surface area contributed by atoms with E-state index in [2.05, 4.69) is 10.9 Å². The molecular weight excluding hydrogens is 372 g/mol. The zero-order valence-corrected chi connectivity index (χ0v) is 16.2. The lowest BCUT2D eigenvalue weighted by Gasteiger charge is -2.10. The lowest BCUT2D eigenvalue weighted by molar-refractivity contribution is -0.121. The third kappa shape index (κ3) is 5.62. The summed E-state index contributed by atoms with van der Waals surface area (Å²) < 4.78 is 16.3. The van der Waals surface area contributed by atoms with Crippen LogP contribution in [0.15, 0.2) is 65.1 Å². The minimum atomic E-state index is -0.555. The molecule has 0 radical (unpaired) electrons. The first-order valence-electron chi connectivity index (χ1n) is 9.04. The molecule has 2 amide bonds. The largest absolute Gasteiger partial charge is 0.496 e. The summed E-state index contributed by atoms with van der Waals surface area (Å²) in [5.41, 5.74) is 6.47. The molecule has 0 bridgehead atoms. The molecule has 0 saturated carbocycles. The average molecular weight is 394 g/mol. The molecule has 0 fully saturated rings. The fourth-order valence-electron chi connectivity index (χ4n) is 2.70. The Labute approximate surface area is 168 Å². The monoisotopic (exact) mass is 394 g/mol. The van der Waals surface area contributed by atoms with E-state index in [9.17, 15) is 9.59 Å². The van der Waals surface area contributed by atoms with Crippen LogP contribution in [0.25, 0.3) is 0 Å². The number of carbonyl (C=O) groups is 2. The molecule has 0 atom stereocenters. The number of nitrogens with one attached hydrogen (secondary N) is 2. The number of benzene rings is 2. The van der Waals surface area contributed by atoms with Crippen LogP contribution in [0.1, 0.15) is 27.4 Å². The van der Waals surface area contributed by atoms with E-state index in [-0.39, 0.29) is 24.7 Å². The third-order valence-corrected chi connectivity index (χ3v) is 4.11. The molecule has 0 aliphatic heterocycles. The van der Waals surface area contributed by atoms with Gasteiger partial charge in [0.15, 0.2) is 5.76 Å². The van der Waals surface area contributed by atoms with Gasteiger partial charge in [-0.3, -0.25) is 20.4 Å². The Hall–Kier alpha value is -3.74. The molecule has 0 aliphatic rings. The summed E-state index contributed by atoms with van der Waals surface area (Å²) in [6.07, 6.45) is 0.0689. The van der Waals surface area contributed by atoms with Crippen molar-refractivity contribution in [2.75, 3.05) is 7.11 Å². The van der Waals surface area contributed by atoms with Crippen LogP contribution in [-0.2, 0) is 17.8 Å². The number of hydrazine groups is 1. The Morgan fingerprint density at radius 2 is 1.79 bits per heavy atom. The van der Waals surface area contributed by atoms with E-state index in [1.54, 1.807) is 19.2 Å². The summed E-state index contributed by atoms with van der Waals surface area (Å²) in [4.78, 5) is 24.3. The normalized spacial score (nSPS) is 10.3. The van der Waals surface area contributed by atoms with E-state index in [1.807, 2.05) is 49.4 Å². The van der Waals surface area contributed by atoms with E-state index in [0.29, 0.717) is 17.3 Å². The van der Waals surface area contributed by atoms with Gasteiger partial charge in [-0.2, -0.15) is 0 Å². The molecule has 2 N–H and O–H groups in total. The second-order valence-corrected chi connectivity index (χ2v) is 6.36. The second-order valence-electron chi connectivity index (χ2n) is 6.36. The Balaban J connectivity index is 1.50. The smallest absolute Gasteiger partial charge is 0.305 e. The van der Waals surface area contributed by atoms with Gasteiger partial charge in [0.1, 0.15) is 23.9 Å². The number of methoxy groups -OCH3 is 1. The van der Waals surface area contributed by atoms with Gasteiger partial charge in [-0.15, -0.1) is 0 Å². The van der Waals surface area contributed by atoms with Gasteiger partial charge in [-0.1, -0.05) is 35.9 Å². The number of ether oxygens (including phenoxy) is 2. The summed E-state index contributed by atoms with van der Waals surface area (Å²) in [7, 11) is 1.55. The maximum atomic E-state index is 12.2. The lowest BCUT2D eigenvalue weighted by atomic mass is 10.1. The van der Waals surface area contributed by atoms with Crippen LogP contribution in [0.3, 0.4) is 0 Å². The molecule has 7 nitrogen and oxygen atoms in total. The zero-order chi connectivity index (χ0) is 20.6. The van der Waals surface area contributed by atoms with Crippen LogP contribution in [-0.4, -0.2) is 18.9 Å². The summed E-state index contributed by atoms with van der Waals surface area (Å²) >= 11 is 0. The van der Waals surface area contributed by atoms with Crippen LogP contribution >= 0.6 is 0 Å². The maximum Gasteiger partial charge on any atom is 0.305 e. The molecule has 3 rings (SSSR count). The van der Waals surface area contributed by atoms with Gasteiger partial charge in [0.25, 0.3) is 0 Å². The highest BCUT2D eigenvalue weighted by Crippen LogP contribution is 2.20. The minimum absolute atomic E-state index is 0.0689. The Kier molecular flexibility index (Phi) is 6.52. The number of carbonyl (C=O) groups excluding carboxylic acids is 2. The van der Waals surface area contributed by atoms with Crippen LogP contribution in [0.2, 0.25) is 0 Å². The predicted molar refractivity (Wildman–Crippen MR) is 107 cm³/mol. The molecule has 0 aliphatic carbocycles. The van der Waals surface area contributed by atoms with Crippen molar-refractivity contribution < 1.29 is 23.5 Å². The molecule has 0 spiro atoms. The number of furan rings is 1. The van der Waals surface area contributed by atoms with Crippen LogP contribution < -0.4 is 20.3 Å². The van der Waals surface area contributed by atoms with Crippen molar-refractivity contribution in [3.05, 3.63) is 83.3 Å². The third-order valence-electron chi connectivity index (χ3n) is 4.11. The van der Waals surface area contributed by atoms with E-state index in [1.165, 1.54) is 6.07 Å². The Bertz CT molecular complexity index is 982. The molecule has 0 unspecified atom stereocenters. The van der Waals surface area contributed by atoms with Gasteiger partial charge < -0.3 is 13.9 Å². The minimum Gasteiger partial charge on any atom is -0.496 e. The molecule has 1 aromatic heterocycles. The molecule has 2 aromatic carbocycles. The van der Waals surface area contributed by atoms with E-state index in [4.69, 9.17) is 13.9 Å². The van der Waals surface area contributed by atoms with Gasteiger partial charge in [0.2, 0.25) is 5.91 Å². The molecule has 7 heteroatoms.